The number of hydrogen-bond acceptors (Lipinski definition) is 4. The molecule has 1 aromatic heterocycles. The van der Waals surface area contributed by atoms with Gasteiger partial charge in [0.2, 0.25) is 5.95 Å². The number of aromatic nitrogens is 2. The predicted octanol–water partition coefficient (Wildman–Crippen LogP) is 5.51. The van der Waals surface area contributed by atoms with Gasteiger partial charge < -0.3 is 10.6 Å². The summed E-state index contributed by atoms with van der Waals surface area (Å²) >= 11 is 0. The molecule has 4 nitrogen and oxygen atoms in total. The standard InChI is InChI=1S/C20H19F3N4/c1-3-12(2)24-20-26-16(13-7-5-4-6-8-13)11-17(27-20)25-15-10-9-14(21)18(22)19(15)23/h4-12H,3H2,1-2H3,(H2,24,25,26,27)/t12-/m1/s1. The third kappa shape index (κ3) is 4.36. The predicted molar refractivity (Wildman–Crippen MR) is 100 cm³/mol. The molecule has 0 amide bonds. The van der Waals surface area contributed by atoms with E-state index >= 15 is 0 Å². The second-order valence-corrected chi connectivity index (χ2v) is 6.13. The molecule has 0 aliphatic carbocycles. The summed E-state index contributed by atoms with van der Waals surface area (Å²) in [4.78, 5) is 8.82. The molecular formula is C20H19F3N4. The Bertz CT molecular complexity index is 932. The highest BCUT2D eigenvalue weighted by Gasteiger charge is 2.15. The molecular weight excluding hydrogens is 353 g/mol. The van der Waals surface area contributed by atoms with Crippen LogP contribution in [0.25, 0.3) is 11.3 Å². The molecule has 1 heterocycles. The average Bonchev–Trinajstić information content (AvgIpc) is 2.69. The van der Waals surface area contributed by atoms with Crippen molar-refractivity contribution in [3.05, 3.63) is 66.0 Å². The fourth-order valence-electron chi connectivity index (χ4n) is 2.42. The van der Waals surface area contributed by atoms with Crippen LogP contribution in [0.5, 0.6) is 0 Å². The molecule has 0 radical (unpaired) electrons. The van der Waals surface area contributed by atoms with E-state index in [9.17, 15) is 13.2 Å². The van der Waals surface area contributed by atoms with Crippen LogP contribution in [-0.4, -0.2) is 16.0 Å². The van der Waals surface area contributed by atoms with Gasteiger partial charge in [0.15, 0.2) is 17.5 Å². The van der Waals surface area contributed by atoms with Crippen molar-refractivity contribution in [2.45, 2.75) is 26.3 Å². The van der Waals surface area contributed by atoms with Gasteiger partial charge in [-0.3, -0.25) is 0 Å². The third-order valence-electron chi connectivity index (χ3n) is 4.08. The second kappa shape index (κ2) is 8.07. The molecule has 27 heavy (non-hydrogen) atoms. The Balaban J connectivity index is 2.01. The number of rotatable bonds is 6. The molecule has 140 valence electrons. The summed E-state index contributed by atoms with van der Waals surface area (Å²) in [7, 11) is 0. The van der Waals surface area contributed by atoms with Crippen molar-refractivity contribution in [3.63, 3.8) is 0 Å². The molecule has 0 aliphatic rings. The molecule has 2 N–H and O–H groups in total. The van der Waals surface area contributed by atoms with Crippen molar-refractivity contribution in [3.8, 4) is 11.3 Å². The maximum atomic E-state index is 14.0. The first-order valence-electron chi connectivity index (χ1n) is 8.59. The first-order chi connectivity index (χ1) is 13.0. The molecule has 3 rings (SSSR count). The zero-order valence-corrected chi connectivity index (χ0v) is 14.9. The minimum atomic E-state index is -1.53. The smallest absolute Gasteiger partial charge is 0.225 e. The Labute approximate surface area is 155 Å². The molecule has 2 aromatic carbocycles. The van der Waals surface area contributed by atoms with Crippen LogP contribution in [0.1, 0.15) is 20.3 Å². The lowest BCUT2D eigenvalue weighted by molar-refractivity contribution is 0.449. The number of halogens is 3. The van der Waals surface area contributed by atoms with Crippen LogP contribution in [0.15, 0.2) is 48.5 Å². The van der Waals surface area contributed by atoms with Gasteiger partial charge in [-0.2, -0.15) is 4.98 Å². The fourth-order valence-corrected chi connectivity index (χ4v) is 2.42. The molecule has 0 spiro atoms. The van der Waals surface area contributed by atoms with Gasteiger partial charge in [0.25, 0.3) is 0 Å². The van der Waals surface area contributed by atoms with Gasteiger partial charge in [-0.25, -0.2) is 18.2 Å². The lowest BCUT2D eigenvalue weighted by atomic mass is 10.1. The minimum absolute atomic E-state index is 0.129. The van der Waals surface area contributed by atoms with Gasteiger partial charge in [0, 0.05) is 17.7 Å². The van der Waals surface area contributed by atoms with Crippen molar-refractivity contribution in [2.24, 2.45) is 0 Å². The number of nitrogens with zero attached hydrogens (tertiary/aromatic N) is 2. The Morgan fingerprint density at radius 2 is 1.70 bits per heavy atom. The van der Waals surface area contributed by atoms with E-state index in [2.05, 4.69) is 20.6 Å². The first-order valence-corrected chi connectivity index (χ1v) is 8.59. The summed E-state index contributed by atoms with van der Waals surface area (Å²) < 4.78 is 40.7. The minimum Gasteiger partial charge on any atom is -0.352 e. The summed E-state index contributed by atoms with van der Waals surface area (Å²) in [6, 6.07) is 13.1. The normalized spacial score (nSPS) is 11.9. The highest BCUT2D eigenvalue weighted by atomic mass is 19.2. The van der Waals surface area contributed by atoms with Gasteiger partial charge in [-0.15, -0.1) is 0 Å². The fraction of sp³-hybridized carbons (Fsp3) is 0.200. The van der Waals surface area contributed by atoms with Crippen LogP contribution in [0.4, 0.5) is 30.6 Å². The monoisotopic (exact) mass is 372 g/mol. The maximum Gasteiger partial charge on any atom is 0.225 e. The van der Waals surface area contributed by atoms with E-state index in [0.717, 1.165) is 24.1 Å². The maximum absolute atomic E-state index is 14.0. The highest BCUT2D eigenvalue weighted by molar-refractivity contribution is 5.67. The number of nitrogens with one attached hydrogen (secondary N) is 2. The SMILES string of the molecule is CC[C@@H](C)Nc1nc(Nc2ccc(F)c(F)c2F)cc(-c2ccccc2)n1. The van der Waals surface area contributed by atoms with Crippen molar-refractivity contribution in [1.82, 2.24) is 9.97 Å². The molecule has 0 aliphatic heterocycles. The van der Waals surface area contributed by atoms with Crippen molar-refractivity contribution < 1.29 is 13.2 Å². The zero-order chi connectivity index (χ0) is 19.4. The van der Waals surface area contributed by atoms with Crippen LogP contribution in [0.3, 0.4) is 0 Å². The van der Waals surface area contributed by atoms with Gasteiger partial charge >= 0.3 is 0 Å². The van der Waals surface area contributed by atoms with Crippen LogP contribution >= 0.6 is 0 Å². The van der Waals surface area contributed by atoms with Crippen LogP contribution < -0.4 is 10.6 Å². The molecule has 0 bridgehead atoms. The van der Waals surface area contributed by atoms with Crippen molar-refractivity contribution in [2.75, 3.05) is 10.6 Å². The Kier molecular flexibility index (Phi) is 5.59. The number of hydrogen-bond donors (Lipinski definition) is 2. The quantitative estimate of drug-likeness (QED) is 0.560. The Morgan fingerprint density at radius 1 is 0.963 bits per heavy atom. The molecule has 0 fully saturated rings. The van der Waals surface area contributed by atoms with Crippen molar-refractivity contribution >= 4 is 17.5 Å². The van der Waals surface area contributed by atoms with E-state index in [-0.39, 0.29) is 17.5 Å². The van der Waals surface area contributed by atoms with E-state index in [0.29, 0.717) is 11.6 Å². The summed E-state index contributed by atoms with van der Waals surface area (Å²) in [6.45, 7) is 4.01. The zero-order valence-electron chi connectivity index (χ0n) is 14.9. The topological polar surface area (TPSA) is 49.8 Å². The third-order valence-corrected chi connectivity index (χ3v) is 4.08. The summed E-state index contributed by atoms with van der Waals surface area (Å²) in [5, 5.41) is 5.88. The van der Waals surface area contributed by atoms with Gasteiger partial charge in [0.05, 0.1) is 11.4 Å². The molecule has 7 heteroatoms. The molecule has 1 atom stereocenters. The summed E-state index contributed by atoms with van der Waals surface area (Å²) in [5.74, 6) is -3.46. The van der Waals surface area contributed by atoms with Crippen LogP contribution in [0, 0.1) is 17.5 Å². The molecule has 3 aromatic rings. The van der Waals surface area contributed by atoms with Gasteiger partial charge in [-0.05, 0) is 25.5 Å². The highest BCUT2D eigenvalue weighted by Crippen LogP contribution is 2.26. The molecule has 0 saturated carbocycles. The van der Waals surface area contributed by atoms with E-state index < -0.39 is 17.5 Å². The lowest BCUT2D eigenvalue weighted by Crippen LogP contribution is -2.16. The van der Waals surface area contributed by atoms with E-state index in [1.54, 1.807) is 6.07 Å². The summed E-state index contributed by atoms with van der Waals surface area (Å²) in [6.07, 6.45) is 0.861. The molecule has 0 saturated heterocycles. The number of benzene rings is 2. The molecule has 0 unspecified atom stereocenters. The van der Waals surface area contributed by atoms with Crippen LogP contribution in [-0.2, 0) is 0 Å². The first kappa shape index (κ1) is 18.7. The summed E-state index contributed by atoms with van der Waals surface area (Å²) in [5.41, 5.74) is 1.25. The van der Waals surface area contributed by atoms with Gasteiger partial charge in [0.1, 0.15) is 5.82 Å². The lowest BCUT2D eigenvalue weighted by Gasteiger charge is -2.15. The van der Waals surface area contributed by atoms with E-state index in [1.165, 1.54) is 0 Å². The van der Waals surface area contributed by atoms with Gasteiger partial charge in [-0.1, -0.05) is 37.3 Å². The van der Waals surface area contributed by atoms with E-state index in [1.807, 2.05) is 44.2 Å². The second-order valence-electron chi connectivity index (χ2n) is 6.13. The number of anilines is 3. The Morgan fingerprint density at radius 3 is 2.41 bits per heavy atom. The van der Waals surface area contributed by atoms with Crippen molar-refractivity contribution in [1.29, 1.82) is 0 Å². The van der Waals surface area contributed by atoms with E-state index in [4.69, 9.17) is 0 Å². The largest absolute Gasteiger partial charge is 0.352 e. The Hall–Kier alpha value is -3.09. The average molecular weight is 372 g/mol. The van der Waals surface area contributed by atoms with Crippen LogP contribution in [0.2, 0.25) is 0 Å².